The number of nitrogens with one attached hydrogen (secondary N) is 1. The second-order valence-corrected chi connectivity index (χ2v) is 9.01. The molecule has 0 radical (unpaired) electrons. The molecule has 2 aromatic heterocycles. The van der Waals surface area contributed by atoms with Crippen LogP contribution in [0, 0.1) is 13.8 Å². The van der Waals surface area contributed by atoms with E-state index in [0.717, 1.165) is 5.69 Å². The Labute approximate surface area is 188 Å². The third-order valence-electron chi connectivity index (χ3n) is 6.77. The molecule has 1 aliphatic heterocycles. The number of para-hydroxylation sites is 2. The highest BCUT2D eigenvalue weighted by atomic mass is 32.1. The molecule has 1 aliphatic carbocycles. The summed E-state index contributed by atoms with van der Waals surface area (Å²) in [5.74, 6) is 0.225. The number of nitrogens with zero attached hydrogens (tertiary/aromatic N) is 3. The summed E-state index contributed by atoms with van der Waals surface area (Å²) >= 11 is 5.80. The Bertz CT molecular complexity index is 1100. The van der Waals surface area contributed by atoms with Gasteiger partial charge in [0.05, 0.1) is 23.5 Å². The molecule has 3 heterocycles. The van der Waals surface area contributed by atoms with Crippen molar-refractivity contribution in [3.05, 3.63) is 77.4 Å². The van der Waals surface area contributed by atoms with Gasteiger partial charge in [0.25, 0.3) is 0 Å². The van der Waals surface area contributed by atoms with Gasteiger partial charge in [0.15, 0.2) is 5.11 Å². The molecular weight excluding hydrogens is 404 g/mol. The SMILES string of the molecule is Cc1cc([C@@H]2[C@@H](c3ccccn3)NC(=S)N2c2ccccc2O)c(C)n1C1CCCC1. The molecule has 1 saturated carbocycles. The largest absolute Gasteiger partial charge is 0.506 e. The molecule has 31 heavy (non-hydrogen) atoms. The van der Waals surface area contributed by atoms with Gasteiger partial charge in [-0.2, -0.15) is 0 Å². The minimum atomic E-state index is -0.106. The fourth-order valence-corrected chi connectivity index (χ4v) is 5.76. The summed E-state index contributed by atoms with van der Waals surface area (Å²) in [6, 6.07) is 16.1. The van der Waals surface area contributed by atoms with E-state index in [1.54, 1.807) is 6.07 Å². The lowest BCUT2D eigenvalue weighted by Gasteiger charge is -2.29. The first-order chi connectivity index (χ1) is 15.1. The molecule has 2 aliphatic rings. The number of hydrogen-bond donors (Lipinski definition) is 2. The third kappa shape index (κ3) is 3.39. The first kappa shape index (κ1) is 20.1. The monoisotopic (exact) mass is 432 g/mol. The van der Waals surface area contributed by atoms with Crippen LogP contribution in [-0.2, 0) is 0 Å². The van der Waals surface area contributed by atoms with Crippen molar-refractivity contribution in [2.24, 2.45) is 0 Å². The van der Waals surface area contributed by atoms with Gasteiger partial charge in [-0.1, -0.05) is 31.0 Å². The normalized spacial score (nSPS) is 21.6. The maximum absolute atomic E-state index is 10.7. The van der Waals surface area contributed by atoms with Crippen molar-refractivity contribution in [1.29, 1.82) is 0 Å². The molecule has 1 aromatic carbocycles. The van der Waals surface area contributed by atoms with Crippen LogP contribution in [-0.4, -0.2) is 19.8 Å². The third-order valence-corrected chi connectivity index (χ3v) is 7.09. The van der Waals surface area contributed by atoms with Crippen molar-refractivity contribution in [3.63, 3.8) is 0 Å². The number of benzene rings is 1. The molecule has 0 unspecified atom stereocenters. The van der Waals surface area contributed by atoms with Crippen molar-refractivity contribution in [3.8, 4) is 5.75 Å². The number of phenols is 1. The van der Waals surface area contributed by atoms with Crippen LogP contribution in [0.4, 0.5) is 5.69 Å². The Kier molecular flexibility index (Phi) is 5.18. The van der Waals surface area contributed by atoms with Crippen molar-refractivity contribution >= 4 is 23.0 Å². The van der Waals surface area contributed by atoms with Gasteiger partial charge in [-0.05, 0) is 74.8 Å². The Balaban J connectivity index is 1.66. The summed E-state index contributed by atoms with van der Waals surface area (Å²) < 4.78 is 2.52. The molecule has 160 valence electrons. The van der Waals surface area contributed by atoms with E-state index in [9.17, 15) is 5.11 Å². The topological polar surface area (TPSA) is 53.3 Å². The fourth-order valence-electron chi connectivity index (χ4n) is 5.42. The number of phenolic OH excluding ortho intramolecular Hbond substituents is 1. The van der Waals surface area contributed by atoms with Crippen LogP contribution in [0.3, 0.4) is 0 Å². The van der Waals surface area contributed by atoms with Gasteiger partial charge in [-0.3, -0.25) is 4.98 Å². The lowest BCUT2D eigenvalue weighted by atomic mass is 9.96. The first-order valence-corrected chi connectivity index (χ1v) is 11.4. The van der Waals surface area contributed by atoms with Gasteiger partial charge in [0.2, 0.25) is 0 Å². The summed E-state index contributed by atoms with van der Waals surface area (Å²) in [6.45, 7) is 4.43. The Morgan fingerprint density at radius 1 is 1.06 bits per heavy atom. The number of anilines is 1. The number of pyridine rings is 1. The zero-order chi connectivity index (χ0) is 21.5. The highest BCUT2D eigenvalue weighted by molar-refractivity contribution is 7.80. The zero-order valence-electron chi connectivity index (χ0n) is 18.0. The number of hydrogen-bond acceptors (Lipinski definition) is 3. The Morgan fingerprint density at radius 3 is 2.52 bits per heavy atom. The lowest BCUT2D eigenvalue weighted by Crippen LogP contribution is -2.29. The molecule has 3 aromatic rings. The van der Waals surface area contributed by atoms with Crippen molar-refractivity contribution in [2.45, 2.75) is 57.7 Å². The summed E-state index contributed by atoms with van der Waals surface area (Å²) in [7, 11) is 0. The van der Waals surface area contributed by atoms with E-state index in [1.807, 2.05) is 42.6 Å². The smallest absolute Gasteiger partial charge is 0.174 e. The highest BCUT2D eigenvalue weighted by Gasteiger charge is 2.43. The Morgan fingerprint density at radius 2 is 1.81 bits per heavy atom. The second-order valence-electron chi connectivity index (χ2n) is 8.62. The molecule has 6 heteroatoms. The van der Waals surface area contributed by atoms with Crippen LogP contribution in [0.5, 0.6) is 5.75 Å². The molecule has 0 spiro atoms. The number of thiocarbonyl (C=S) groups is 1. The van der Waals surface area contributed by atoms with Gasteiger partial charge in [-0.25, -0.2) is 0 Å². The summed E-state index contributed by atoms with van der Waals surface area (Å²) in [4.78, 5) is 6.70. The van der Waals surface area contributed by atoms with Gasteiger partial charge < -0.3 is 19.9 Å². The van der Waals surface area contributed by atoms with Gasteiger partial charge in [0, 0.05) is 23.6 Å². The highest BCUT2D eigenvalue weighted by Crippen LogP contribution is 2.46. The lowest BCUT2D eigenvalue weighted by molar-refractivity contribution is 0.472. The first-order valence-electron chi connectivity index (χ1n) is 11.0. The number of rotatable bonds is 4. The van der Waals surface area contributed by atoms with Crippen LogP contribution in [0.1, 0.15) is 66.5 Å². The summed E-state index contributed by atoms with van der Waals surface area (Å²) in [6.07, 6.45) is 6.90. The van der Waals surface area contributed by atoms with E-state index in [1.165, 1.54) is 42.6 Å². The molecule has 2 fully saturated rings. The van der Waals surface area contributed by atoms with Crippen LogP contribution in [0.15, 0.2) is 54.7 Å². The van der Waals surface area contributed by atoms with E-state index < -0.39 is 0 Å². The standard InChI is InChI=1S/C25H28N4OS/c1-16-15-19(17(2)28(16)18-9-3-4-10-18)24-23(20-11-7-8-14-26-20)27-25(31)29(24)21-12-5-6-13-22(21)30/h5-8,11-15,18,23-24,30H,3-4,9-10H2,1-2H3,(H,27,31)/t23-,24-/m1/s1. The van der Waals surface area contributed by atoms with E-state index in [4.69, 9.17) is 12.2 Å². The average molecular weight is 433 g/mol. The van der Waals surface area contributed by atoms with E-state index in [0.29, 0.717) is 16.8 Å². The predicted octanol–water partition coefficient (Wildman–Crippen LogP) is 5.50. The van der Waals surface area contributed by atoms with Gasteiger partial charge in [0.1, 0.15) is 5.75 Å². The van der Waals surface area contributed by atoms with Crippen LogP contribution < -0.4 is 10.2 Å². The van der Waals surface area contributed by atoms with E-state index in [-0.39, 0.29) is 17.8 Å². The van der Waals surface area contributed by atoms with Gasteiger partial charge >= 0.3 is 0 Å². The summed E-state index contributed by atoms with van der Waals surface area (Å²) in [5.41, 5.74) is 5.46. The zero-order valence-corrected chi connectivity index (χ0v) is 18.8. The maximum atomic E-state index is 10.7. The predicted molar refractivity (Wildman–Crippen MR) is 127 cm³/mol. The molecule has 1 saturated heterocycles. The average Bonchev–Trinajstić information content (AvgIpc) is 3.47. The van der Waals surface area contributed by atoms with Crippen molar-refractivity contribution in [2.75, 3.05) is 4.90 Å². The molecule has 0 amide bonds. The minimum Gasteiger partial charge on any atom is -0.506 e. The minimum absolute atomic E-state index is 0.1000. The summed E-state index contributed by atoms with van der Waals surface area (Å²) in [5, 5.41) is 14.8. The van der Waals surface area contributed by atoms with Crippen LogP contribution in [0.2, 0.25) is 0 Å². The van der Waals surface area contributed by atoms with E-state index >= 15 is 0 Å². The maximum Gasteiger partial charge on any atom is 0.174 e. The number of aromatic hydroxyl groups is 1. The molecule has 5 rings (SSSR count). The van der Waals surface area contributed by atoms with Crippen LogP contribution >= 0.6 is 12.2 Å². The second kappa shape index (κ2) is 8.00. The molecule has 0 bridgehead atoms. The van der Waals surface area contributed by atoms with Gasteiger partial charge in [-0.15, -0.1) is 0 Å². The quantitative estimate of drug-likeness (QED) is 0.533. The fraction of sp³-hybridized carbons (Fsp3) is 0.360. The van der Waals surface area contributed by atoms with Crippen molar-refractivity contribution < 1.29 is 5.11 Å². The molecule has 2 N–H and O–H groups in total. The molecular formula is C25H28N4OS. The van der Waals surface area contributed by atoms with E-state index in [2.05, 4.69) is 39.7 Å². The van der Waals surface area contributed by atoms with Crippen molar-refractivity contribution in [1.82, 2.24) is 14.9 Å². The molecule has 5 nitrogen and oxygen atoms in total. The molecule has 2 atom stereocenters. The Hall–Kier alpha value is -2.86. The number of aromatic nitrogens is 2. The van der Waals surface area contributed by atoms with Crippen LogP contribution in [0.25, 0.3) is 0 Å². The number of aryl methyl sites for hydroxylation is 1.